The number of nitrogens with one attached hydrogen (secondary N) is 1. The van der Waals surface area contributed by atoms with Gasteiger partial charge in [-0.05, 0) is 49.2 Å². The van der Waals surface area contributed by atoms with E-state index in [0.29, 0.717) is 23.4 Å². The summed E-state index contributed by atoms with van der Waals surface area (Å²) in [5.74, 6) is -0.774. The van der Waals surface area contributed by atoms with Crippen LogP contribution in [0.15, 0.2) is 64.5 Å². The second-order valence-electron chi connectivity index (χ2n) is 7.09. The fourth-order valence-electron chi connectivity index (χ4n) is 3.17. The van der Waals surface area contributed by atoms with E-state index in [1.54, 1.807) is 12.1 Å². The van der Waals surface area contributed by atoms with Gasteiger partial charge in [-0.1, -0.05) is 43.0 Å². The van der Waals surface area contributed by atoms with Crippen LogP contribution < -0.4 is 5.32 Å². The first-order valence-corrected chi connectivity index (χ1v) is 10.6. The zero-order valence-corrected chi connectivity index (χ0v) is 18.3. The smallest absolute Gasteiger partial charge is 0.206 e. The van der Waals surface area contributed by atoms with Crippen molar-refractivity contribution in [3.63, 3.8) is 0 Å². The van der Waals surface area contributed by atoms with Crippen molar-refractivity contribution in [2.75, 3.05) is 5.32 Å². The van der Waals surface area contributed by atoms with E-state index in [4.69, 9.17) is 23.2 Å². The van der Waals surface area contributed by atoms with Crippen LogP contribution in [0, 0.1) is 0 Å². The Morgan fingerprint density at radius 2 is 1.65 bits per heavy atom. The molecule has 0 bridgehead atoms. The number of aromatic hydroxyl groups is 2. The lowest BCUT2D eigenvalue weighted by Crippen LogP contribution is -2.24. The molecular formula is C23H22Cl2N2O4. The van der Waals surface area contributed by atoms with Crippen molar-refractivity contribution >= 4 is 46.1 Å². The number of phenols is 2. The minimum absolute atomic E-state index is 0.0664. The standard InChI is InChI=1S/C23H22Cl2N2O4/c1-2-3-4-5-15-22(26-13-6-8-18(28)16(24)10-13)20(30)12-21(31)23(15)27-14-7-9-19(29)17(25)11-14/h6-12,26,28-29,31H,2-5H2,1H3. The quantitative estimate of drug-likeness (QED) is 0.216. The summed E-state index contributed by atoms with van der Waals surface area (Å²) in [6.07, 6.45) is 4.34. The molecule has 3 rings (SSSR count). The second kappa shape index (κ2) is 9.90. The van der Waals surface area contributed by atoms with Gasteiger partial charge in [0.25, 0.3) is 0 Å². The Kier molecular flexibility index (Phi) is 7.25. The van der Waals surface area contributed by atoms with Gasteiger partial charge in [-0.3, -0.25) is 4.79 Å². The van der Waals surface area contributed by atoms with Crippen LogP contribution in [0.2, 0.25) is 10.0 Å². The molecule has 0 atom stereocenters. The zero-order valence-electron chi connectivity index (χ0n) is 16.8. The van der Waals surface area contributed by atoms with Gasteiger partial charge in [0.05, 0.1) is 21.4 Å². The van der Waals surface area contributed by atoms with E-state index in [1.165, 1.54) is 24.3 Å². The molecule has 0 aliphatic heterocycles. The summed E-state index contributed by atoms with van der Waals surface area (Å²) < 4.78 is 0. The largest absolute Gasteiger partial charge is 0.506 e. The molecule has 1 aliphatic rings. The number of benzene rings is 2. The number of unbranched alkanes of at least 4 members (excludes halogenated alkanes) is 2. The summed E-state index contributed by atoms with van der Waals surface area (Å²) in [5.41, 5.74) is 2.03. The van der Waals surface area contributed by atoms with E-state index in [2.05, 4.69) is 17.2 Å². The summed E-state index contributed by atoms with van der Waals surface area (Å²) in [7, 11) is 0. The number of hydrogen-bond donors (Lipinski definition) is 4. The number of carbonyl (C=O) groups is 1. The minimum Gasteiger partial charge on any atom is -0.506 e. The van der Waals surface area contributed by atoms with Crippen LogP contribution in [0.3, 0.4) is 0 Å². The van der Waals surface area contributed by atoms with E-state index >= 15 is 0 Å². The maximum Gasteiger partial charge on any atom is 0.206 e. The summed E-state index contributed by atoms with van der Waals surface area (Å²) in [6, 6.07) is 8.98. The number of ketones is 1. The molecule has 4 N–H and O–H groups in total. The first-order chi connectivity index (χ1) is 14.8. The van der Waals surface area contributed by atoms with Crippen molar-refractivity contribution in [1.29, 1.82) is 0 Å². The summed E-state index contributed by atoms with van der Waals surface area (Å²) in [6.45, 7) is 2.07. The molecule has 8 heteroatoms. The topological polar surface area (TPSA) is 102 Å². The fourth-order valence-corrected chi connectivity index (χ4v) is 3.52. The molecule has 2 aromatic carbocycles. The highest BCUT2D eigenvalue weighted by Gasteiger charge is 2.27. The number of carbonyl (C=O) groups excluding carboxylic acids is 1. The Morgan fingerprint density at radius 1 is 0.968 bits per heavy atom. The van der Waals surface area contributed by atoms with Gasteiger partial charge >= 0.3 is 0 Å². The molecule has 0 unspecified atom stereocenters. The van der Waals surface area contributed by atoms with E-state index in [0.717, 1.165) is 25.3 Å². The van der Waals surface area contributed by atoms with Crippen LogP contribution in [-0.4, -0.2) is 26.8 Å². The van der Waals surface area contributed by atoms with E-state index < -0.39 is 5.78 Å². The van der Waals surface area contributed by atoms with Gasteiger partial charge in [0.15, 0.2) is 0 Å². The SMILES string of the molecule is CCCCCC1=C(Nc2ccc(O)c(Cl)c2)C(=O)C=C(O)C1=Nc1ccc(O)c(Cl)c1. The van der Waals surface area contributed by atoms with Crippen molar-refractivity contribution < 1.29 is 20.1 Å². The lowest BCUT2D eigenvalue weighted by atomic mass is 9.92. The van der Waals surface area contributed by atoms with Crippen LogP contribution in [-0.2, 0) is 4.79 Å². The third-order valence-corrected chi connectivity index (χ3v) is 5.37. The molecule has 162 valence electrons. The molecule has 6 nitrogen and oxygen atoms in total. The predicted octanol–water partition coefficient (Wildman–Crippen LogP) is 6.45. The van der Waals surface area contributed by atoms with Gasteiger partial charge in [0.2, 0.25) is 5.78 Å². The van der Waals surface area contributed by atoms with E-state index in [1.807, 2.05) is 0 Å². The monoisotopic (exact) mass is 460 g/mol. The fraction of sp³-hybridized carbons (Fsp3) is 0.217. The van der Waals surface area contributed by atoms with Crippen molar-refractivity contribution in [2.24, 2.45) is 4.99 Å². The number of hydrogen-bond acceptors (Lipinski definition) is 6. The van der Waals surface area contributed by atoms with Crippen LogP contribution in [0.5, 0.6) is 11.5 Å². The number of aliphatic hydroxyl groups is 1. The van der Waals surface area contributed by atoms with Crippen molar-refractivity contribution in [3.8, 4) is 11.5 Å². The number of phenolic OH excluding ortho intramolecular Hbond substituents is 2. The zero-order chi connectivity index (χ0) is 22.5. The Labute approximate surface area is 190 Å². The van der Waals surface area contributed by atoms with Gasteiger partial charge in [0.1, 0.15) is 23.0 Å². The minimum atomic E-state index is -0.393. The Balaban J connectivity index is 2.08. The second-order valence-corrected chi connectivity index (χ2v) is 7.91. The van der Waals surface area contributed by atoms with Crippen LogP contribution in [0.25, 0.3) is 0 Å². The molecule has 0 spiro atoms. The number of anilines is 1. The molecule has 0 saturated carbocycles. The highest BCUT2D eigenvalue weighted by atomic mass is 35.5. The average Bonchev–Trinajstić information content (AvgIpc) is 2.72. The van der Waals surface area contributed by atoms with Gasteiger partial charge in [-0.25, -0.2) is 4.99 Å². The lowest BCUT2D eigenvalue weighted by molar-refractivity contribution is -0.111. The molecule has 0 saturated heterocycles. The first kappa shape index (κ1) is 22.7. The predicted molar refractivity (Wildman–Crippen MR) is 124 cm³/mol. The van der Waals surface area contributed by atoms with Crippen molar-refractivity contribution in [2.45, 2.75) is 32.6 Å². The average molecular weight is 461 g/mol. The van der Waals surface area contributed by atoms with Gasteiger partial charge in [0, 0.05) is 17.3 Å². The highest BCUT2D eigenvalue weighted by molar-refractivity contribution is 6.32. The Morgan fingerprint density at radius 3 is 2.29 bits per heavy atom. The van der Waals surface area contributed by atoms with Crippen molar-refractivity contribution in [1.82, 2.24) is 0 Å². The number of aliphatic hydroxyl groups excluding tert-OH is 1. The number of nitrogens with zero attached hydrogens (tertiary/aromatic N) is 1. The normalized spacial score (nSPS) is 15.4. The summed E-state index contributed by atoms with van der Waals surface area (Å²) in [5, 5.41) is 33.2. The molecular weight excluding hydrogens is 439 g/mol. The number of aliphatic imine (C=N–C) groups is 1. The molecule has 1 aliphatic carbocycles. The maximum atomic E-state index is 12.8. The van der Waals surface area contributed by atoms with Gasteiger partial charge < -0.3 is 20.6 Å². The summed E-state index contributed by atoms with van der Waals surface area (Å²) >= 11 is 12.0. The van der Waals surface area contributed by atoms with Gasteiger partial charge in [-0.15, -0.1) is 0 Å². The Hall–Kier alpha value is -2.96. The molecule has 31 heavy (non-hydrogen) atoms. The molecule has 0 heterocycles. The molecule has 0 amide bonds. The van der Waals surface area contributed by atoms with E-state index in [9.17, 15) is 20.1 Å². The number of allylic oxidation sites excluding steroid dienone is 2. The Bertz CT molecular complexity index is 1110. The van der Waals surface area contributed by atoms with Crippen molar-refractivity contribution in [3.05, 3.63) is 69.5 Å². The van der Waals surface area contributed by atoms with Crippen LogP contribution in [0.4, 0.5) is 11.4 Å². The number of rotatable bonds is 7. The third-order valence-electron chi connectivity index (χ3n) is 4.76. The summed E-state index contributed by atoms with van der Waals surface area (Å²) in [4.78, 5) is 17.3. The maximum absolute atomic E-state index is 12.8. The molecule has 2 aromatic rings. The van der Waals surface area contributed by atoms with E-state index in [-0.39, 0.29) is 38.7 Å². The lowest BCUT2D eigenvalue weighted by Gasteiger charge is -2.21. The number of halogens is 2. The highest BCUT2D eigenvalue weighted by Crippen LogP contribution is 2.32. The van der Waals surface area contributed by atoms with Crippen LogP contribution in [0.1, 0.15) is 32.6 Å². The van der Waals surface area contributed by atoms with Crippen LogP contribution >= 0.6 is 23.2 Å². The van der Waals surface area contributed by atoms with Gasteiger partial charge in [-0.2, -0.15) is 0 Å². The first-order valence-electron chi connectivity index (χ1n) is 9.81. The third kappa shape index (κ3) is 5.40. The molecule has 0 radical (unpaired) electrons. The molecule has 0 aromatic heterocycles. The molecule has 0 fully saturated rings.